The first-order valence-corrected chi connectivity index (χ1v) is 2.01. The normalized spacial score (nSPS) is 5.78. The standard InChI is InChI=1S/C3H3NO.2H4N2/c1-2-4-5-3-1;2*1-2/h1-3H;2*1-2H2. The quantitative estimate of drug-likeness (QED) is 0.247. The number of rotatable bonds is 0. The van der Waals surface area contributed by atoms with Gasteiger partial charge in [0.15, 0.2) is 0 Å². The number of hydrogen-bond acceptors (Lipinski definition) is 6. The van der Waals surface area contributed by atoms with Crippen molar-refractivity contribution in [3.8, 4) is 0 Å². The van der Waals surface area contributed by atoms with Crippen LogP contribution in [0.15, 0.2) is 23.0 Å². The van der Waals surface area contributed by atoms with Crippen LogP contribution in [-0.4, -0.2) is 5.16 Å². The average Bonchev–Trinajstić information content (AvgIpc) is 2.51. The molecule has 0 unspecified atom stereocenters. The molecule has 0 atom stereocenters. The molecule has 0 aliphatic rings. The maximum atomic E-state index is 4.33. The van der Waals surface area contributed by atoms with Crippen LogP contribution in [0.1, 0.15) is 0 Å². The van der Waals surface area contributed by atoms with E-state index in [2.05, 4.69) is 33.1 Å². The Morgan fingerprint density at radius 1 is 1.11 bits per heavy atom. The molecule has 54 valence electrons. The van der Waals surface area contributed by atoms with Crippen LogP contribution >= 0.6 is 0 Å². The summed E-state index contributed by atoms with van der Waals surface area (Å²) in [4.78, 5) is 0. The fourth-order valence-electron chi connectivity index (χ4n) is 0.176. The van der Waals surface area contributed by atoms with E-state index in [1.165, 1.54) is 6.26 Å². The molecule has 1 aromatic heterocycles. The number of nitrogens with two attached hydrogens (primary N) is 4. The smallest absolute Gasteiger partial charge is 0.123 e. The zero-order valence-electron chi connectivity index (χ0n) is 4.90. The van der Waals surface area contributed by atoms with E-state index in [0.717, 1.165) is 0 Å². The molecule has 9 heavy (non-hydrogen) atoms. The van der Waals surface area contributed by atoms with Crippen molar-refractivity contribution >= 4 is 0 Å². The first-order valence-electron chi connectivity index (χ1n) is 2.01. The van der Waals surface area contributed by atoms with Gasteiger partial charge in [-0.1, -0.05) is 5.16 Å². The van der Waals surface area contributed by atoms with Crippen LogP contribution in [0.2, 0.25) is 0 Å². The zero-order valence-corrected chi connectivity index (χ0v) is 4.90. The third-order valence-electron chi connectivity index (χ3n) is 0.347. The third kappa shape index (κ3) is 11.0. The van der Waals surface area contributed by atoms with Gasteiger partial charge in [-0.25, -0.2) is 0 Å². The van der Waals surface area contributed by atoms with E-state index in [1.807, 2.05) is 0 Å². The van der Waals surface area contributed by atoms with Crippen molar-refractivity contribution in [2.75, 3.05) is 0 Å². The van der Waals surface area contributed by atoms with E-state index in [0.29, 0.717) is 0 Å². The van der Waals surface area contributed by atoms with Gasteiger partial charge in [-0.05, 0) is 6.07 Å². The van der Waals surface area contributed by atoms with Gasteiger partial charge in [0, 0.05) is 0 Å². The summed E-state index contributed by atoms with van der Waals surface area (Å²) >= 11 is 0. The summed E-state index contributed by atoms with van der Waals surface area (Å²) in [5.74, 6) is 16.0. The van der Waals surface area contributed by atoms with Crippen LogP contribution < -0.4 is 23.4 Å². The van der Waals surface area contributed by atoms with E-state index in [-0.39, 0.29) is 0 Å². The molecule has 0 radical (unpaired) electrons. The fourth-order valence-corrected chi connectivity index (χ4v) is 0.176. The van der Waals surface area contributed by atoms with Crippen molar-refractivity contribution in [3.05, 3.63) is 18.5 Å². The number of hydrogen-bond donors (Lipinski definition) is 4. The first kappa shape index (κ1) is 10.9. The zero-order chi connectivity index (χ0) is 7.54. The van der Waals surface area contributed by atoms with Crippen molar-refractivity contribution < 1.29 is 4.52 Å². The fraction of sp³-hybridized carbons (Fsp3) is 0. The van der Waals surface area contributed by atoms with Crippen LogP contribution in [0.5, 0.6) is 0 Å². The molecule has 1 aromatic rings. The van der Waals surface area contributed by atoms with Crippen molar-refractivity contribution in [1.82, 2.24) is 5.16 Å². The van der Waals surface area contributed by atoms with Crippen molar-refractivity contribution in [2.45, 2.75) is 0 Å². The van der Waals surface area contributed by atoms with Gasteiger partial charge in [0.1, 0.15) is 6.26 Å². The molecule has 6 heteroatoms. The Bertz CT molecular complexity index is 68.7. The lowest BCUT2D eigenvalue weighted by molar-refractivity contribution is 0.420. The average molecular weight is 133 g/mol. The molecule has 1 rings (SSSR count). The lowest BCUT2D eigenvalue weighted by Gasteiger charge is -1.48. The van der Waals surface area contributed by atoms with Crippen molar-refractivity contribution in [2.24, 2.45) is 23.4 Å². The van der Waals surface area contributed by atoms with E-state index in [9.17, 15) is 0 Å². The summed E-state index contributed by atoms with van der Waals surface area (Å²) in [6.07, 6.45) is 3.10. The Hall–Kier alpha value is -0.950. The molecule has 0 aliphatic heterocycles. The van der Waals surface area contributed by atoms with Crippen LogP contribution in [0.4, 0.5) is 0 Å². The highest BCUT2D eigenvalue weighted by Crippen LogP contribution is 1.72. The van der Waals surface area contributed by atoms with Gasteiger partial charge in [-0.3, -0.25) is 23.4 Å². The minimum absolute atomic E-state index is 1.51. The highest BCUT2D eigenvalue weighted by molar-refractivity contribution is 4.67. The Morgan fingerprint density at radius 3 is 1.78 bits per heavy atom. The topological polar surface area (TPSA) is 130 Å². The lowest BCUT2D eigenvalue weighted by Crippen LogP contribution is -2.02. The monoisotopic (exact) mass is 133 g/mol. The number of hydrazine groups is 2. The van der Waals surface area contributed by atoms with Gasteiger partial charge >= 0.3 is 0 Å². The highest BCUT2D eigenvalue weighted by Gasteiger charge is 1.60. The SMILES string of the molecule is NN.NN.c1cnoc1. The van der Waals surface area contributed by atoms with Crippen LogP contribution in [-0.2, 0) is 0 Å². The van der Waals surface area contributed by atoms with Crippen LogP contribution in [0.25, 0.3) is 0 Å². The summed E-state index contributed by atoms with van der Waals surface area (Å²) < 4.78 is 4.33. The molecule has 0 saturated carbocycles. The summed E-state index contributed by atoms with van der Waals surface area (Å²) in [6, 6.07) is 1.72. The molecule has 0 aromatic carbocycles. The second-order valence-electron chi connectivity index (χ2n) is 0.688. The maximum Gasteiger partial charge on any atom is 0.123 e. The molecule has 0 bridgehead atoms. The Labute approximate surface area is 52.7 Å². The van der Waals surface area contributed by atoms with Crippen molar-refractivity contribution in [1.29, 1.82) is 0 Å². The molecule has 0 fully saturated rings. The second-order valence-corrected chi connectivity index (χ2v) is 0.688. The molecule has 1 heterocycles. The first-order chi connectivity index (χ1) is 4.50. The summed E-state index contributed by atoms with van der Waals surface area (Å²) in [5.41, 5.74) is 0. The van der Waals surface area contributed by atoms with Gasteiger partial charge in [-0.15, -0.1) is 0 Å². The Kier molecular flexibility index (Phi) is 19.1. The van der Waals surface area contributed by atoms with Gasteiger partial charge in [0.2, 0.25) is 0 Å². The molecule has 6 nitrogen and oxygen atoms in total. The van der Waals surface area contributed by atoms with Gasteiger partial charge in [-0.2, -0.15) is 0 Å². The van der Waals surface area contributed by atoms with E-state index in [1.54, 1.807) is 12.3 Å². The van der Waals surface area contributed by atoms with E-state index < -0.39 is 0 Å². The van der Waals surface area contributed by atoms with Gasteiger partial charge in [0.05, 0.1) is 6.20 Å². The lowest BCUT2D eigenvalue weighted by atomic mass is 10.8. The molecule has 0 amide bonds. The molecule has 8 N–H and O–H groups in total. The molecule has 0 saturated heterocycles. The van der Waals surface area contributed by atoms with Crippen molar-refractivity contribution in [3.63, 3.8) is 0 Å². The minimum Gasteiger partial charge on any atom is -0.365 e. The van der Waals surface area contributed by atoms with E-state index in [4.69, 9.17) is 0 Å². The number of nitrogens with zero attached hydrogens (tertiary/aromatic N) is 1. The third-order valence-corrected chi connectivity index (χ3v) is 0.347. The van der Waals surface area contributed by atoms with Gasteiger partial charge in [0.25, 0.3) is 0 Å². The predicted molar refractivity (Wildman–Crippen MR) is 33.3 cm³/mol. The molecule has 0 spiro atoms. The van der Waals surface area contributed by atoms with E-state index >= 15 is 0 Å². The summed E-state index contributed by atoms with van der Waals surface area (Å²) in [6.45, 7) is 0. The summed E-state index contributed by atoms with van der Waals surface area (Å²) in [5, 5.41) is 3.35. The molecular formula is C3H11N5O. The molecule has 0 aliphatic carbocycles. The van der Waals surface area contributed by atoms with Crippen LogP contribution in [0.3, 0.4) is 0 Å². The minimum atomic E-state index is 1.51. The van der Waals surface area contributed by atoms with Crippen LogP contribution in [0, 0.1) is 0 Å². The Morgan fingerprint density at radius 2 is 1.67 bits per heavy atom. The predicted octanol–water partition coefficient (Wildman–Crippen LogP) is -1.69. The second kappa shape index (κ2) is 15.7. The maximum absolute atomic E-state index is 4.33. The number of aromatic nitrogens is 1. The summed E-state index contributed by atoms with van der Waals surface area (Å²) in [7, 11) is 0. The van der Waals surface area contributed by atoms with Gasteiger partial charge < -0.3 is 4.52 Å². The molecular weight excluding hydrogens is 122 g/mol. The highest BCUT2D eigenvalue weighted by atomic mass is 16.5. The largest absolute Gasteiger partial charge is 0.365 e. The Balaban J connectivity index is 0.